The van der Waals surface area contributed by atoms with E-state index >= 15 is 0 Å². The average molecular weight is 677 g/mol. The second-order valence-electron chi connectivity index (χ2n) is 18.3. The minimum atomic E-state index is -1.46. The first-order chi connectivity index (χ1) is 22.2. The van der Waals surface area contributed by atoms with Gasteiger partial charge in [-0.05, 0) is 99.2 Å². The van der Waals surface area contributed by atoms with Crippen LogP contribution in [0.25, 0.3) is 0 Å². The molecule has 1 aliphatic heterocycles. The van der Waals surface area contributed by atoms with Crippen LogP contribution in [0.1, 0.15) is 113 Å². The fourth-order valence-electron chi connectivity index (χ4n) is 12.3. The first kappa shape index (κ1) is 36.2. The lowest BCUT2D eigenvalue weighted by Gasteiger charge is -2.72. The summed E-state index contributed by atoms with van der Waals surface area (Å²) in [5.41, 5.74) is -0.807. The van der Waals surface area contributed by atoms with E-state index in [-0.39, 0.29) is 47.0 Å². The Morgan fingerprint density at radius 1 is 0.917 bits per heavy atom. The number of carboxylic acids is 1. The maximum Gasteiger partial charge on any atom is 0.309 e. The predicted octanol–water partition coefficient (Wildman–Crippen LogP) is 4.60. The van der Waals surface area contributed by atoms with Crippen LogP contribution in [0.5, 0.6) is 0 Å². The summed E-state index contributed by atoms with van der Waals surface area (Å²) in [7, 11) is 0. The number of allylic oxidation sites excluding steroid dienone is 2. The number of aliphatic hydroxyl groups excluding tert-OH is 4. The van der Waals surface area contributed by atoms with Crippen LogP contribution < -0.4 is 0 Å². The number of aliphatic hydroxyl groups is 4. The zero-order valence-electron chi connectivity index (χ0n) is 30.2. The summed E-state index contributed by atoms with van der Waals surface area (Å²) in [6.45, 7) is 16.3. The third-order valence-electron chi connectivity index (χ3n) is 15.9. The van der Waals surface area contributed by atoms with Gasteiger partial charge in [0.15, 0.2) is 12.4 Å². The Morgan fingerprint density at radius 3 is 2.23 bits per heavy atom. The maximum atomic E-state index is 12.4. The highest BCUT2D eigenvalue weighted by molar-refractivity contribution is 5.74. The van der Waals surface area contributed by atoms with Crippen molar-refractivity contribution in [3.63, 3.8) is 0 Å². The standard InChI is InChI=1S/C38H60O10/c1-20-30(48-21(2)39)28(42)29(43)31(47-20)46-19-35(5)24-11-12-37(7)25(38(24,8)27(41)17-26(35)40)10-9-22-23-18-34(4,32(44)45)14-13-33(23,3)15-16-36(22,37)6/h9,20,23-31,40-43H,10-19H2,1-8H3,(H,44,45)/t20-,23-,24-,25-,26-,27-,28-,29+,30-,31+,33+,34+,35+,36+,37+,38-/m0/s1. The molecule has 10 nitrogen and oxygen atoms in total. The lowest BCUT2D eigenvalue weighted by atomic mass is 9.33. The summed E-state index contributed by atoms with van der Waals surface area (Å²) in [5, 5.41) is 55.5. The molecule has 0 aromatic heterocycles. The van der Waals surface area contributed by atoms with E-state index < -0.39 is 71.1 Å². The van der Waals surface area contributed by atoms with Crippen molar-refractivity contribution in [2.45, 2.75) is 156 Å². The Hall–Kier alpha value is -1.56. The van der Waals surface area contributed by atoms with Crippen LogP contribution in [0.2, 0.25) is 0 Å². The van der Waals surface area contributed by atoms with Gasteiger partial charge in [0.2, 0.25) is 0 Å². The monoisotopic (exact) mass is 676 g/mol. The van der Waals surface area contributed by atoms with Crippen molar-refractivity contribution in [3.8, 4) is 0 Å². The number of ether oxygens (including phenoxy) is 3. The molecule has 4 saturated carbocycles. The van der Waals surface area contributed by atoms with E-state index in [2.05, 4.69) is 33.8 Å². The molecular formula is C38H60O10. The maximum absolute atomic E-state index is 12.4. The van der Waals surface area contributed by atoms with Crippen LogP contribution >= 0.6 is 0 Å². The Kier molecular flexibility index (Phi) is 8.86. The fraction of sp³-hybridized carbons (Fsp3) is 0.895. The molecule has 0 spiro atoms. The Morgan fingerprint density at radius 2 is 1.58 bits per heavy atom. The van der Waals surface area contributed by atoms with Gasteiger partial charge in [-0.2, -0.15) is 0 Å². The summed E-state index contributed by atoms with van der Waals surface area (Å²) in [6.07, 6.45) is 2.12. The smallest absolute Gasteiger partial charge is 0.309 e. The summed E-state index contributed by atoms with van der Waals surface area (Å²) < 4.78 is 17.3. The van der Waals surface area contributed by atoms with Crippen LogP contribution in [-0.4, -0.2) is 87.0 Å². The van der Waals surface area contributed by atoms with E-state index in [9.17, 15) is 35.1 Å². The molecular weight excluding hydrogens is 616 g/mol. The minimum Gasteiger partial charge on any atom is -0.481 e. The van der Waals surface area contributed by atoms with E-state index in [1.54, 1.807) is 6.92 Å². The molecule has 10 heteroatoms. The molecule has 6 rings (SSSR count). The number of hydrogen-bond acceptors (Lipinski definition) is 9. The normalized spacial score (nSPS) is 54.9. The summed E-state index contributed by atoms with van der Waals surface area (Å²) in [5.74, 6) is -1.04. The summed E-state index contributed by atoms with van der Waals surface area (Å²) in [4.78, 5) is 24.0. The van der Waals surface area contributed by atoms with Gasteiger partial charge in [0.05, 0.1) is 30.3 Å². The Labute approximate surface area is 285 Å². The van der Waals surface area contributed by atoms with Gasteiger partial charge < -0.3 is 39.7 Å². The lowest BCUT2D eigenvalue weighted by molar-refractivity contribution is -0.315. The molecule has 0 bridgehead atoms. The first-order valence-corrected chi connectivity index (χ1v) is 18.3. The quantitative estimate of drug-likeness (QED) is 0.206. The van der Waals surface area contributed by atoms with Crippen molar-refractivity contribution >= 4 is 11.9 Å². The summed E-state index contributed by atoms with van der Waals surface area (Å²) in [6, 6.07) is 0. The van der Waals surface area contributed by atoms with Gasteiger partial charge in [-0.25, -0.2) is 0 Å². The molecule has 272 valence electrons. The van der Waals surface area contributed by atoms with Gasteiger partial charge in [-0.1, -0.05) is 46.3 Å². The Bertz CT molecular complexity index is 1330. The highest BCUT2D eigenvalue weighted by Crippen LogP contribution is 2.75. The van der Waals surface area contributed by atoms with Crippen molar-refractivity contribution in [2.75, 3.05) is 6.61 Å². The molecule has 5 fully saturated rings. The van der Waals surface area contributed by atoms with Crippen LogP contribution in [0.4, 0.5) is 0 Å². The number of fused-ring (bicyclic) bond motifs is 7. The number of esters is 1. The van der Waals surface area contributed by atoms with Gasteiger partial charge in [-0.3, -0.25) is 9.59 Å². The largest absolute Gasteiger partial charge is 0.481 e. The van der Waals surface area contributed by atoms with Gasteiger partial charge in [0.1, 0.15) is 12.2 Å². The summed E-state index contributed by atoms with van der Waals surface area (Å²) >= 11 is 0. The number of rotatable bonds is 5. The second kappa shape index (κ2) is 11.7. The molecule has 16 atom stereocenters. The molecule has 0 radical (unpaired) electrons. The molecule has 6 aliphatic rings. The topological polar surface area (TPSA) is 163 Å². The highest BCUT2D eigenvalue weighted by Gasteiger charge is 2.71. The van der Waals surface area contributed by atoms with Crippen molar-refractivity contribution < 1.29 is 49.3 Å². The number of carboxylic acid groups (broad SMARTS) is 1. The average Bonchev–Trinajstić information content (AvgIpc) is 3.00. The van der Waals surface area contributed by atoms with Gasteiger partial charge in [0.25, 0.3) is 0 Å². The van der Waals surface area contributed by atoms with Gasteiger partial charge >= 0.3 is 11.9 Å². The zero-order chi connectivity index (χ0) is 35.4. The van der Waals surface area contributed by atoms with E-state index in [1.807, 2.05) is 13.8 Å². The van der Waals surface area contributed by atoms with Gasteiger partial charge in [-0.15, -0.1) is 0 Å². The predicted molar refractivity (Wildman–Crippen MR) is 176 cm³/mol. The third-order valence-corrected chi connectivity index (χ3v) is 15.9. The number of carbonyl (C=O) groups is 2. The van der Waals surface area contributed by atoms with Crippen molar-refractivity contribution in [2.24, 2.45) is 50.2 Å². The van der Waals surface area contributed by atoms with Gasteiger partial charge in [0, 0.05) is 24.2 Å². The molecule has 1 saturated heterocycles. The lowest BCUT2D eigenvalue weighted by Crippen LogP contribution is -2.69. The molecule has 48 heavy (non-hydrogen) atoms. The molecule has 5 aliphatic carbocycles. The number of carbonyl (C=O) groups excluding carboxylic acids is 1. The molecule has 5 N–H and O–H groups in total. The van der Waals surface area contributed by atoms with Crippen molar-refractivity contribution in [1.29, 1.82) is 0 Å². The number of hydrogen-bond donors (Lipinski definition) is 5. The highest BCUT2D eigenvalue weighted by atomic mass is 16.7. The molecule has 0 amide bonds. The van der Waals surface area contributed by atoms with E-state index in [0.717, 1.165) is 38.5 Å². The first-order valence-electron chi connectivity index (χ1n) is 18.3. The van der Waals surface area contributed by atoms with Crippen LogP contribution in [-0.2, 0) is 23.8 Å². The molecule has 1 heterocycles. The SMILES string of the molecule is CC(=O)O[C@@H]1[C@@H](O)[C@@H](O)[C@H](OC[C@@]2(C)[C@@H](O)C[C@H](O)[C@]3(C)[C@H]4CC=C5[C@@H]6C[C@](C)(C(=O)O)CC[C@]6(C)CC[C@@]5(C)[C@]4(C)CC[C@@H]23)O[C@H]1C. The van der Waals surface area contributed by atoms with Crippen molar-refractivity contribution in [1.82, 2.24) is 0 Å². The Balaban J connectivity index is 1.29. The second-order valence-corrected chi connectivity index (χ2v) is 18.3. The zero-order valence-corrected chi connectivity index (χ0v) is 30.2. The van der Waals surface area contributed by atoms with E-state index in [0.29, 0.717) is 12.8 Å². The van der Waals surface area contributed by atoms with E-state index in [4.69, 9.17) is 14.2 Å². The number of aliphatic carboxylic acids is 1. The molecule has 0 unspecified atom stereocenters. The van der Waals surface area contributed by atoms with Crippen LogP contribution in [0.3, 0.4) is 0 Å². The van der Waals surface area contributed by atoms with Crippen LogP contribution in [0.15, 0.2) is 11.6 Å². The van der Waals surface area contributed by atoms with E-state index in [1.165, 1.54) is 12.5 Å². The van der Waals surface area contributed by atoms with Crippen molar-refractivity contribution in [3.05, 3.63) is 11.6 Å². The minimum absolute atomic E-state index is 0.0521. The van der Waals surface area contributed by atoms with Crippen LogP contribution in [0, 0.1) is 50.2 Å². The third kappa shape index (κ3) is 5.01. The molecule has 0 aromatic carbocycles. The molecule has 0 aromatic rings. The fourth-order valence-corrected chi connectivity index (χ4v) is 12.3.